The number of benzene rings is 2. The van der Waals surface area contributed by atoms with E-state index in [0.29, 0.717) is 32.1 Å². The molecule has 3 aromatic rings. The van der Waals surface area contributed by atoms with Crippen LogP contribution in [0.25, 0.3) is 0 Å². The maximum Gasteiger partial charge on any atom is 0.261 e. The number of aromatic nitrogens is 1. The summed E-state index contributed by atoms with van der Waals surface area (Å²) in [6.45, 7) is 0. The van der Waals surface area contributed by atoms with Crippen LogP contribution in [0.15, 0.2) is 60.8 Å². The SMILES string of the molecule is O=C1c2ccccc2[C@@H](Nc2cc(Cl)ccc2Cl)N1c1ccc(Cl)cn1. The Morgan fingerprint density at radius 1 is 0.962 bits per heavy atom. The van der Waals surface area contributed by atoms with Crippen LogP contribution >= 0.6 is 34.8 Å². The fraction of sp³-hybridized carbons (Fsp3) is 0.0526. The van der Waals surface area contributed by atoms with Crippen LogP contribution in [0.5, 0.6) is 0 Å². The van der Waals surface area contributed by atoms with Crippen molar-refractivity contribution in [3.05, 3.63) is 87.0 Å². The van der Waals surface area contributed by atoms with E-state index in [1.165, 1.54) is 6.20 Å². The minimum Gasteiger partial charge on any atom is -0.360 e. The van der Waals surface area contributed by atoms with Crippen molar-refractivity contribution in [3.63, 3.8) is 0 Å². The average molecular weight is 405 g/mol. The third-order valence-corrected chi connectivity index (χ3v) is 4.93. The molecule has 0 bridgehead atoms. The van der Waals surface area contributed by atoms with Gasteiger partial charge in [-0.1, -0.05) is 53.0 Å². The van der Waals surface area contributed by atoms with Crippen molar-refractivity contribution in [2.45, 2.75) is 6.17 Å². The van der Waals surface area contributed by atoms with Crippen molar-refractivity contribution >= 4 is 52.2 Å². The van der Waals surface area contributed by atoms with Crippen molar-refractivity contribution in [1.29, 1.82) is 0 Å². The molecule has 7 heteroatoms. The zero-order chi connectivity index (χ0) is 18.3. The first-order valence-electron chi connectivity index (χ1n) is 7.80. The third kappa shape index (κ3) is 3.01. The second-order valence-electron chi connectivity index (χ2n) is 5.77. The first-order chi connectivity index (χ1) is 12.5. The largest absolute Gasteiger partial charge is 0.360 e. The summed E-state index contributed by atoms with van der Waals surface area (Å²) < 4.78 is 0. The van der Waals surface area contributed by atoms with E-state index in [2.05, 4.69) is 10.3 Å². The Kier molecular flexibility index (Phi) is 4.49. The highest BCUT2D eigenvalue weighted by Gasteiger charge is 2.38. The van der Waals surface area contributed by atoms with Crippen molar-refractivity contribution in [3.8, 4) is 0 Å². The van der Waals surface area contributed by atoms with Gasteiger partial charge in [0.05, 0.1) is 15.7 Å². The number of carbonyl (C=O) groups excluding carboxylic acids is 1. The number of hydrogen-bond acceptors (Lipinski definition) is 3. The average Bonchev–Trinajstić information content (AvgIpc) is 2.92. The van der Waals surface area contributed by atoms with E-state index in [9.17, 15) is 4.79 Å². The minimum atomic E-state index is -0.469. The molecule has 1 aliphatic heterocycles. The molecule has 0 saturated carbocycles. The second kappa shape index (κ2) is 6.80. The summed E-state index contributed by atoms with van der Waals surface area (Å²) in [7, 11) is 0. The van der Waals surface area contributed by atoms with Gasteiger partial charge in [0.25, 0.3) is 5.91 Å². The zero-order valence-corrected chi connectivity index (χ0v) is 15.6. The van der Waals surface area contributed by atoms with Gasteiger partial charge in [0, 0.05) is 22.3 Å². The molecule has 26 heavy (non-hydrogen) atoms. The van der Waals surface area contributed by atoms with E-state index in [-0.39, 0.29) is 5.91 Å². The summed E-state index contributed by atoms with van der Waals surface area (Å²) in [5.74, 6) is 0.345. The monoisotopic (exact) mass is 403 g/mol. The van der Waals surface area contributed by atoms with Gasteiger partial charge in [-0.25, -0.2) is 4.98 Å². The Bertz CT molecular complexity index is 992. The van der Waals surface area contributed by atoms with Crippen LogP contribution < -0.4 is 10.2 Å². The van der Waals surface area contributed by atoms with E-state index in [1.807, 2.05) is 18.2 Å². The number of nitrogens with one attached hydrogen (secondary N) is 1. The van der Waals surface area contributed by atoms with E-state index >= 15 is 0 Å². The first kappa shape index (κ1) is 17.2. The van der Waals surface area contributed by atoms with Crippen LogP contribution in [0.2, 0.25) is 15.1 Å². The number of carbonyl (C=O) groups is 1. The molecule has 1 atom stereocenters. The van der Waals surface area contributed by atoms with Crippen LogP contribution in [-0.4, -0.2) is 10.9 Å². The molecule has 0 fully saturated rings. The Balaban J connectivity index is 1.80. The van der Waals surface area contributed by atoms with Gasteiger partial charge < -0.3 is 5.32 Å². The van der Waals surface area contributed by atoms with Gasteiger partial charge in [-0.3, -0.25) is 9.69 Å². The highest BCUT2D eigenvalue weighted by atomic mass is 35.5. The highest BCUT2D eigenvalue weighted by molar-refractivity contribution is 6.35. The number of nitrogens with zero attached hydrogens (tertiary/aromatic N) is 2. The maximum atomic E-state index is 13.0. The van der Waals surface area contributed by atoms with Gasteiger partial charge in [-0.05, 0) is 36.4 Å². The molecule has 0 radical (unpaired) electrons. The number of hydrogen-bond donors (Lipinski definition) is 1. The van der Waals surface area contributed by atoms with Crippen molar-refractivity contribution < 1.29 is 4.79 Å². The third-order valence-electron chi connectivity index (χ3n) is 4.14. The molecular weight excluding hydrogens is 393 g/mol. The molecule has 0 unspecified atom stereocenters. The van der Waals surface area contributed by atoms with Crippen LogP contribution in [-0.2, 0) is 0 Å². The van der Waals surface area contributed by atoms with Crippen LogP contribution in [0.1, 0.15) is 22.1 Å². The predicted molar refractivity (Wildman–Crippen MR) is 105 cm³/mol. The molecule has 4 nitrogen and oxygen atoms in total. The molecule has 2 heterocycles. The van der Waals surface area contributed by atoms with E-state index in [4.69, 9.17) is 34.8 Å². The minimum absolute atomic E-state index is 0.147. The highest BCUT2D eigenvalue weighted by Crippen LogP contribution is 2.39. The van der Waals surface area contributed by atoms with Gasteiger partial charge in [-0.2, -0.15) is 0 Å². The summed E-state index contributed by atoms with van der Waals surface area (Å²) in [6, 6.07) is 16.0. The second-order valence-corrected chi connectivity index (χ2v) is 7.05. The van der Waals surface area contributed by atoms with Gasteiger partial charge in [0.2, 0.25) is 0 Å². The lowest BCUT2D eigenvalue weighted by molar-refractivity contribution is 0.0992. The molecule has 2 aromatic carbocycles. The van der Waals surface area contributed by atoms with Crippen LogP contribution in [0.3, 0.4) is 0 Å². The fourth-order valence-corrected chi connectivity index (χ4v) is 3.42. The van der Waals surface area contributed by atoms with Crippen LogP contribution in [0, 0.1) is 0 Å². The molecule has 1 aromatic heterocycles. The molecule has 4 rings (SSSR count). The summed E-state index contributed by atoms with van der Waals surface area (Å²) in [6.07, 6.45) is 1.04. The van der Waals surface area contributed by atoms with Crippen molar-refractivity contribution in [1.82, 2.24) is 4.98 Å². The van der Waals surface area contributed by atoms with Crippen molar-refractivity contribution in [2.75, 3.05) is 10.2 Å². The summed E-state index contributed by atoms with van der Waals surface area (Å²) in [5, 5.41) is 4.87. The Morgan fingerprint density at radius 3 is 2.50 bits per heavy atom. The molecule has 0 saturated heterocycles. The molecule has 1 N–H and O–H groups in total. The smallest absolute Gasteiger partial charge is 0.261 e. The number of fused-ring (bicyclic) bond motifs is 1. The first-order valence-corrected chi connectivity index (χ1v) is 8.93. The lowest BCUT2D eigenvalue weighted by Crippen LogP contribution is -2.33. The summed E-state index contributed by atoms with van der Waals surface area (Å²) in [4.78, 5) is 18.9. The number of pyridine rings is 1. The maximum absolute atomic E-state index is 13.0. The number of anilines is 2. The Hall–Kier alpha value is -2.27. The van der Waals surface area contributed by atoms with Gasteiger partial charge in [0.1, 0.15) is 12.0 Å². The normalized spacial score (nSPS) is 15.9. The molecular formula is C19H12Cl3N3O. The standard InChI is InChI=1S/C19H12Cl3N3O/c20-11-5-7-15(22)16(9-11)24-18-13-3-1-2-4-14(13)19(26)25(18)17-8-6-12(21)10-23-17/h1-10,18,24H/t18-/m0/s1. The topological polar surface area (TPSA) is 45.2 Å². The van der Waals surface area contributed by atoms with E-state index < -0.39 is 6.17 Å². The Morgan fingerprint density at radius 2 is 1.73 bits per heavy atom. The quantitative estimate of drug-likeness (QED) is 0.599. The summed E-state index contributed by atoms with van der Waals surface area (Å²) in [5.41, 5.74) is 2.08. The van der Waals surface area contributed by atoms with E-state index in [1.54, 1.807) is 41.3 Å². The number of rotatable bonds is 3. The number of halogens is 3. The molecule has 130 valence electrons. The predicted octanol–water partition coefficient (Wildman–Crippen LogP) is 5.81. The van der Waals surface area contributed by atoms with Crippen molar-refractivity contribution in [2.24, 2.45) is 0 Å². The lowest BCUT2D eigenvalue weighted by Gasteiger charge is -2.26. The number of amides is 1. The molecule has 0 spiro atoms. The van der Waals surface area contributed by atoms with Gasteiger partial charge in [0.15, 0.2) is 0 Å². The van der Waals surface area contributed by atoms with Crippen LogP contribution in [0.4, 0.5) is 11.5 Å². The van der Waals surface area contributed by atoms with Gasteiger partial charge in [-0.15, -0.1) is 0 Å². The molecule has 0 aliphatic carbocycles. The molecule has 1 amide bonds. The fourth-order valence-electron chi connectivity index (χ4n) is 2.96. The molecule has 1 aliphatic rings. The lowest BCUT2D eigenvalue weighted by atomic mass is 10.1. The zero-order valence-electron chi connectivity index (χ0n) is 13.3. The Labute approximate surface area is 165 Å². The van der Waals surface area contributed by atoms with E-state index in [0.717, 1.165) is 5.56 Å². The van der Waals surface area contributed by atoms with Gasteiger partial charge >= 0.3 is 0 Å². The summed E-state index contributed by atoms with van der Waals surface area (Å²) >= 11 is 18.3.